The SMILES string of the molecule is COc1ccc(-c2nn(-c3ccccc3)cc2/C=N/NC(=S)NCCN2CCOCC2)cc1. The van der Waals surface area contributed by atoms with Gasteiger partial charge in [-0.2, -0.15) is 10.2 Å². The predicted octanol–water partition coefficient (Wildman–Crippen LogP) is 2.68. The first-order chi connectivity index (χ1) is 16.2. The third kappa shape index (κ3) is 6.38. The summed E-state index contributed by atoms with van der Waals surface area (Å²) in [5.74, 6) is 0.798. The van der Waals surface area contributed by atoms with Crippen LogP contribution < -0.4 is 15.5 Å². The van der Waals surface area contributed by atoms with Crippen LogP contribution >= 0.6 is 12.2 Å². The van der Waals surface area contributed by atoms with Crippen LogP contribution in [-0.2, 0) is 4.74 Å². The number of nitrogens with one attached hydrogen (secondary N) is 2. The average Bonchev–Trinajstić information content (AvgIpc) is 3.29. The second-order valence-corrected chi connectivity index (χ2v) is 7.93. The maximum atomic E-state index is 5.37. The van der Waals surface area contributed by atoms with Crippen LogP contribution in [0.1, 0.15) is 5.56 Å². The highest BCUT2D eigenvalue weighted by atomic mass is 32.1. The Kier molecular flexibility index (Phi) is 8.02. The van der Waals surface area contributed by atoms with Gasteiger partial charge in [0.25, 0.3) is 0 Å². The van der Waals surface area contributed by atoms with Crippen molar-refractivity contribution in [3.63, 3.8) is 0 Å². The fourth-order valence-corrected chi connectivity index (χ4v) is 3.68. The van der Waals surface area contributed by atoms with Crippen LogP contribution in [-0.4, -0.2) is 72.5 Å². The largest absolute Gasteiger partial charge is 0.497 e. The average molecular weight is 465 g/mol. The van der Waals surface area contributed by atoms with Crippen LogP contribution in [0, 0.1) is 0 Å². The minimum Gasteiger partial charge on any atom is -0.497 e. The Labute approximate surface area is 199 Å². The van der Waals surface area contributed by atoms with Crippen molar-refractivity contribution in [1.29, 1.82) is 0 Å². The molecule has 0 aliphatic carbocycles. The summed E-state index contributed by atoms with van der Waals surface area (Å²) < 4.78 is 12.5. The summed E-state index contributed by atoms with van der Waals surface area (Å²) in [7, 11) is 1.65. The normalized spacial score (nSPS) is 14.3. The van der Waals surface area contributed by atoms with Gasteiger partial charge in [-0.25, -0.2) is 4.68 Å². The molecule has 4 rings (SSSR count). The first-order valence-electron chi connectivity index (χ1n) is 10.9. The molecular formula is C24H28N6O2S. The molecule has 0 spiro atoms. The molecule has 0 saturated carbocycles. The van der Waals surface area contributed by atoms with E-state index in [0.717, 1.165) is 67.7 Å². The molecule has 1 aliphatic rings. The molecule has 33 heavy (non-hydrogen) atoms. The molecular weight excluding hydrogens is 436 g/mol. The lowest BCUT2D eigenvalue weighted by Gasteiger charge is -2.26. The van der Waals surface area contributed by atoms with Gasteiger partial charge in [0, 0.05) is 43.5 Å². The highest BCUT2D eigenvalue weighted by Gasteiger charge is 2.12. The Bertz CT molecular complexity index is 1060. The predicted molar refractivity (Wildman–Crippen MR) is 134 cm³/mol. The highest BCUT2D eigenvalue weighted by Crippen LogP contribution is 2.25. The maximum Gasteiger partial charge on any atom is 0.187 e. The van der Waals surface area contributed by atoms with Gasteiger partial charge in [0.1, 0.15) is 11.4 Å². The van der Waals surface area contributed by atoms with E-state index in [2.05, 4.69) is 20.7 Å². The molecule has 0 unspecified atom stereocenters. The molecule has 1 saturated heterocycles. The number of hydrogen-bond donors (Lipinski definition) is 2. The van der Waals surface area contributed by atoms with Crippen molar-refractivity contribution in [1.82, 2.24) is 25.4 Å². The van der Waals surface area contributed by atoms with Crippen LogP contribution in [0.4, 0.5) is 0 Å². The molecule has 2 heterocycles. The molecule has 0 amide bonds. The van der Waals surface area contributed by atoms with E-state index in [9.17, 15) is 0 Å². The smallest absolute Gasteiger partial charge is 0.187 e. The van der Waals surface area contributed by atoms with Crippen molar-refractivity contribution >= 4 is 23.5 Å². The van der Waals surface area contributed by atoms with E-state index in [4.69, 9.17) is 26.8 Å². The van der Waals surface area contributed by atoms with E-state index in [0.29, 0.717) is 5.11 Å². The summed E-state index contributed by atoms with van der Waals surface area (Å²) in [5.41, 5.74) is 6.53. The summed E-state index contributed by atoms with van der Waals surface area (Å²) in [6, 6.07) is 17.8. The van der Waals surface area contributed by atoms with Gasteiger partial charge in [-0.1, -0.05) is 18.2 Å². The van der Waals surface area contributed by atoms with Gasteiger partial charge >= 0.3 is 0 Å². The standard InChI is InChI=1S/C24H28N6O2S/c1-31-22-9-7-19(8-10-22)23-20(18-30(28-23)21-5-3-2-4-6-21)17-26-27-24(33)25-11-12-29-13-15-32-16-14-29/h2-10,17-18H,11-16H2,1H3,(H2,25,27,33)/b26-17+. The Morgan fingerprint density at radius 3 is 2.64 bits per heavy atom. The number of morpholine rings is 1. The molecule has 3 aromatic rings. The summed E-state index contributed by atoms with van der Waals surface area (Å²) in [4.78, 5) is 2.35. The molecule has 2 aromatic carbocycles. The van der Waals surface area contributed by atoms with E-state index in [1.165, 1.54) is 0 Å². The zero-order valence-electron chi connectivity index (χ0n) is 18.6. The number of rotatable bonds is 8. The lowest BCUT2D eigenvalue weighted by molar-refractivity contribution is 0.0389. The van der Waals surface area contributed by atoms with Gasteiger partial charge in [0.2, 0.25) is 0 Å². The Balaban J connectivity index is 1.43. The van der Waals surface area contributed by atoms with Gasteiger partial charge in [-0.3, -0.25) is 10.3 Å². The third-order valence-corrected chi connectivity index (χ3v) is 5.55. The number of hydrazone groups is 1. The van der Waals surface area contributed by atoms with E-state index in [1.54, 1.807) is 13.3 Å². The van der Waals surface area contributed by atoms with Crippen LogP contribution in [0.3, 0.4) is 0 Å². The van der Waals surface area contributed by atoms with Crippen molar-refractivity contribution in [2.75, 3.05) is 46.5 Å². The molecule has 1 aliphatic heterocycles. The molecule has 172 valence electrons. The van der Waals surface area contributed by atoms with E-state index in [-0.39, 0.29) is 0 Å². The van der Waals surface area contributed by atoms with E-state index in [1.807, 2.05) is 65.5 Å². The van der Waals surface area contributed by atoms with Crippen LogP contribution in [0.5, 0.6) is 5.75 Å². The highest BCUT2D eigenvalue weighted by molar-refractivity contribution is 7.80. The second-order valence-electron chi connectivity index (χ2n) is 7.52. The van der Waals surface area contributed by atoms with Crippen LogP contribution in [0.25, 0.3) is 16.9 Å². The summed E-state index contributed by atoms with van der Waals surface area (Å²) in [6.07, 6.45) is 3.69. The van der Waals surface area contributed by atoms with E-state index < -0.39 is 0 Å². The van der Waals surface area contributed by atoms with Crippen molar-refractivity contribution in [3.8, 4) is 22.7 Å². The van der Waals surface area contributed by atoms with Crippen molar-refractivity contribution < 1.29 is 9.47 Å². The van der Waals surface area contributed by atoms with Gasteiger partial charge in [0.05, 0.1) is 32.2 Å². The number of nitrogens with zero attached hydrogens (tertiary/aromatic N) is 4. The Morgan fingerprint density at radius 1 is 1.15 bits per heavy atom. The Morgan fingerprint density at radius 2 is 1.91 bits per heavy atom. The minimum atomic E-state index is 0.487. The molecule has 8 nitrogen and oxygen atoms in total. The number of thiocarbonyl (C=S) groups is 1. The van der Waals surface area contributed by atoms with Crippen molar-refractivity contribution in [2.45, 2.75) is 0 Å². The monoisotopic (exact) mass is 464 g/mol. The second kappa shape index (κ2) is 11.6. The molecule has 0 atom stereocenters. The van der Waals surface area contributed by atoms with Gasteiger partial charge in [0.15, 0.2) is 5.11 Å². The third-order valence-electron chi connectivity index (χ3n) is 5.31. The topological polar surface area (TPSA) is 75.9 Å². The Hall–Kier alpha value is -3.27. The molecule has 1 aromatic heterocycles. The summed E-state index contributed by atoms with van der Waals surface area (Å²) in [5, 5.41) is 12.8. The number of benzene rings is 2. The number of ether oxygens (including phenoxy) is 2. The van der Waals surface area contributed by atoms with Gasteiger partial charge in [-0.15, -0.1) is 0 Å². The van der Waals surface area contributed by atoms with Crippen LogP contribution in [0.2, 0.25) is 0 Å². The molecule has 2 N–H and O–H groups in total. The number of hydrogen-bond acceptors (Lipinski definition) is 6. The maximum absolute atomic E-state index is 5.37. The zero-order chi connectivity index (χ0) is 22.9. The molecule has 9 heteroatoms. The van der Waals surface area contributed by atoms with Crippen molar-refractivity contribution in [3.05, 3.63) is 66.4 Å². The zero-order valence-corrected chi connectivity index (χ0v) is 19.4. The number of para-hydroxylation sites is 1. The first kappa shape index (κ1) is 22.9. The summed E-state index contributed by atoms with van der Waals surface area (Å²) in [6.45, 7) is 5.17. The number of methoxy groups -OCH3 is 1. The minimum absolute atomic E-state index is 0.487. The fourth-order valence-electron chi connectivity index (χ4n) is 3.52. The first-order valence-corrected chi connectivity index (χ1v) is 11.3. The molecule has 1 fully saturated rings. The lowest BCUT2D eigenvalue weighted by atomic mass is 10.1. The fraction of sp³-hybridized carbons (Fsp3) is 0.292. The lowest BCUT2D eigenvalue weighted by Crippen LogP contribution is -2.42. The van der Waals surface area contributed by atoms with Crippen molar-refractivity contribution in [2.24, 2.45) is 5.10 Å². The quantitative estimate of drug-likeness (QED) is 0.302. The van der Waals surface area contributed by atoms with E-state index >= 15 is 0 Å². The number of aromatic nitrogens is 2. The van der Waals surface area contributed by atoms with Crippen LogP contribution in [0.15, 0.2) is 65.9 Å². The molecule has 0 radical (unpaired) electrons. The van der Waals surface area contributed by atoms with Gasteiger partial charge in [-0.05, 0) is 48.6 Å². The molecule has 0 bridgehead atoms. The summed E-state index contributed by atoms with van der Waals surface area (Å²) >= 11 is 5.36. The van der Waals surface area contributed by atoms with Gasteiger partial charge < -0.3 is 14.8 Å².